The van der Waals surface area contributed by atoms with Crippen molar-refractivity contribution in [2.24, 2.45) is 10.9 Å². The van der Waals surface area contributed by atoms with E-state index in [-0.39, 0.29) is 24.0 Å². The van der Waals surface area contributed by atoms with Crippen molar-refractivity contribution in [2.75, 3.05) is 26.5 Å². The number of hydrogen-bond acceptors (Lipinski definition) is 5. The van der Waals surface area contributed by atoms with Crippen LogP contribution in [-0.2, 0) is 6.54 Å². The van der Waals surface area contributed by atoms with Crippen molar-refractivity contribution in [3.63, 3.8) is 0 Å². The molecule has 0 fully saturated rings. The molecule has 5 nitrogen and oxygen atoms in total. The lowest BCUT2D eigenvalue weighted by Crippen LogP contribution is -2.39. The number of thioether (sulfide) groups is 1. The number of hydrogen-bond donors (Lipinski definition) is 2. The van der Waals surface area contributed by atoms with Gasteiger partial charge in [-0.25, -0.2) is 4.98 Å². The molecule has 0 saturated carbocycles. The molecule has 0 spiro atoms. The number of thiazole rings is 1. The molecular formula is C19H29IN4OS2. The number of aromatic nitrogens is 1. The maximum absolute atomic E-state index is 5.41. The van der Waals surface area contributed by atoms with Gasteiger partial charge in [0.05, 0.1) is 19.3 Å². The molecule has 2 N–H and O–H groups in total. The van der Waals surface area contributed by atoms with E-state index in [1.165, 1.54) is 9.77 Å². The average molecular weight is 521 g/mol. The molecule has 8 heteroatoms. The first-order valence-corrected chi connectivity index (χ1v) is 10.5. The average Bonchev–Trinajstić information content (AvgIpc) is 2.98. The lowest BCUT2D eigenvalue weighted by molar-refractivity contribution is 0.405. The van der Waals surface area contributed by atoms with Gasteiger partial charge >= 0.3 is 0 Å². The molecule has 0 aliphatic heterocycles. The van der Waals surface area contributed by atoms with E-state index in [2.05, 4.69) is 40.5 Å². The molecular weight excluding hydrogens is 491 g/mol. The van der Waals surface area contributed by atoms with Gasteiger partial charge in [0, 0.05) is 29.1 Å². The Balaban J connectivity index is 0.00000364. The van der Waals surface area contributed by atoms with Gasteiger partial charge in [-0.05, 0) is 31.9 Å². The van der Waals surface area contributed by atoms with E-state index in [0.29, 0.717) is 12.5 Å². The third-order valence-electron chi connectivity index (χ3n) is 3.91. The number of rotatable bonds is 8. The Morgan fingerprint density at radius 2 is 2.04 bits per heavy atom. The molecule has 2 rings (SSSR count). The Kier molecular flexibility index (Phi) is 11.1. The van der Waals surface area contributed by atoms with Crippen LogP contribution in [0, 0.1) is 19.8 Å². The first kappa shape index (κ1) is 24.0. The maximum Gasteiger partial charge on any atom is 0.191 e. The Bertz CT molecular complexity index is 717. The number of nitrogens with one attached hydrogen (secondary N) is 2. The number of guanidine groups is 1. The molecule has 2 aromatic rings. The smallest absolute Gasteiger partial charge is 0.191 e. The van der Waals surface area contributed by atoms with E-state index in [1.54, 1.807) is 25.5 Å². The molecule has 1 aromatic carbocycles. The number of nitrogens with zero attached hydrogens (tertiary/aromatic N) is 2. The van der Waals surface area contributed by atoms with Crippen LogP contribution in [0.3, 0.4) is 0 Å². The number of methoxy groups -OCH3 is 1. The summed E-state index contributed by atoms with van der Waals surface area (Å²) in [5.41, 5.74) is 1.11. The van der Waals surface area contributed by atoms with Gasteiger partial charge in [0.25, 0.3) is 0 Å². The highest BCUT2D eigenvalue weighted by Crippen LogP contribution is 2.29. The van der Waals surface area contributed by atoms with Crippen LogP contribution < -0.4 is 15.4 Å². The van der Waals surface area contributed by atoms with Gasteiger partial charge in [-0.15, -0.1) is 47.1 Å². The van der Waals surface area contributed by atoms with Gasteiger partial charge in [-0.3, -0.25) is 4.99 Å². The van der Waals surface area contributed by atoms with E-state index in [9.17, 15) is 0 Å². The van der Waals surface area contributed by atoms with Crippen LogP contribution in [-0.4, -0.2) is 37.4 Å². The molecule has 27 heavy (non-hydrogen) atoms. The number of aryl methyl sites for hydroxylation is 2. The summed E-state index contributed by atoms with van der Waals surface area (Å²) >= 11 is 3.55. The number of ether oxygens (including phenoxy) is 1. The summed E-state index contributed by atoms with van der Waals surface area (Å²) in [6, 6.07) is 8.14. The summed E-state index contributed by atoms with van der Waals surface area (Å²) in [7, 11) is 3.51. The normalized spacial score (nSPS) is 12.3. The second-order valence-corrected chi connectivity index (χ2v) is 8.47. The first-order chi connectivity index (χ1) is 12.5. The highest BCUT2D eigenvalue weighted by atomic mass is 127. The minimum atomic E-state index is 0. The summed E-state index contributed by atoms with van der Waals surface area (Å²) in [5.74, 6) is 3.25. The summed E-state index contributed by atoms with van der Waals surface area (Å²) in [6.07, 6.45) is 0. The predicted octanol–water partition coefficient (Wildman–Crippen LogP) is 4.48. The molecule has 0 aliphatic rings. The van der Waals surface area contributed by atoms with Crippen molar-refractivity contribution in [3.8, 4) is 5.75 Å². The van der Waals surface area contributed by atoms with Crippen LogP contribution in [0.15, 0.2) is 34.2 Å². The quantitative estimate of drug-likeness (QED) is 0.233. The Labute approximate surface area is 187 Å². The van der Waals surface area contributed by atoms with E-state index in [4.69, 9.17) is 4.74 Å². The molecule has 150 valence electrons. The van der Waals surface area contributed by atoms with Gasteiger partial charge in [-0.2, -0.15) is 0 Å². The molecule has 0 amide bonds. The van der Waals surface area contributed by atoms with Gasteiger partial charge in [-0.1, -0.05) is 19.1 Å². The summed E-state index contributed by atoms with van der Waals surface area (Å²) in [4.78, 5) is 11.3. The van der Waals surface area contributed by atoms with Crippen molar-refractivity contribution < 1.29 is 4.74 Å². The van der Waals surface area contributed by atoms with Crippen molar-refractivity contribution in [1.29, 1.82) is 0 Å². The van der Waals surface area contributed by atoms with Crippen LogP contribution in [0.2, 0.25) is 0 Å². The fraction of sp³-hybridized carbons (Fsp3) is 0.474. The van der Waals surface area contributed by atoms with Gasteiger partial charge in [0.2, 0.25) is 0 Å². The third kappa shape index (κ3) is 7.87. The minimum Gasteiger partial charge on any atom is -0.496 e. The lowest BCUT2D eigenvalue weighted by atomic mass is 10.2. The van der Waals surface area contributed by atoms with Crippen LogP contribution in [0.25, 0.3) is 0 Å². The number of aliphatic imine (C=N–C) groups is 1. The largest absolute Gasteiger partial charge is 0.496 e. The first-order valence-electron chi connectivity index (χ1n) is 8.66. The number of halogens is 1. The monoisotopic (exact) mass is 520 g/mol. The number of benzene rings is 1. The van der Waals surface area contributed by atoms with Gasteiger partial charge in [0.15, 0.2) is 5.96 Å². The van der Waals surface area contributed by atoms with Crippen LogP contribution in [0.4, 0.5) is 0 Å². The second kappa shape index (κ2) is 12.5. The van der Waals surface area contributed by atoms with Gasteiger partial charge < -0.3 is 15.4 Å². The molecule has 1 unspecified atom stereocenters. The second-order valence-electron chi connectivity index (χ2n) is 6.12. The summed E-state index contributed by atoms with van der Waals surface area (Å²) in [6.45, 7) is 7.94. The summed E-state index contributed by atoms with van der Waals surface area (Å²) < 4.78 is 5.41. The predicted molar refractivity (Wildman–Crippen MR) is 128 cm³/mol. The molecule has 0 radical (unpaired) electrons. The van der Waals surface area contributed by atoms with Crippen molar-refractivity contribution >= 4 is 53.0 Å². The fourth-order valence-corrected chi connectivity index (χ4v) is 4.22. The zero-order valence-corrected chi connectivity index (χ0v) is 20.5. The molecule has 1 aromatic heterocycles. The molecule has 1 atom stereocenters. The maximum atomic E-state index is 5.41. The van der Waals surface area contributed by atoms with Crippen LogP contribution in [0.1, 0.15) is 22.5 Å². The van der Waals surface area contributed by atoms with E-state index in [0.717, 1.165) is 34.7 Å². The topological polar surface area (TPSA) is 58.5 Å². The highest BCUT2D eigenvalue weighted by molar-refractivity contribution is 14.0. The molecule has 0 bridgehead atoms. The third-order valence-corrected chi connectivity index (χ3v) is 6.37. The standard InChI is InChI=1S/C19H28N4OS2.HI/c1-13(12-25-17-9-7-6-8-16(17)24-5)10-21-19(20-4)22-11-18-23-14(2)15(3)26-18;/h6-9,13H,10-12H2,1-5H3,(H2,20,21,22);1H. The lowest BCUT2D eigenvalue weighted by Gasteiger charge is -2.16. The van der Waals surface area contributed by atoms with Crippen LogP contribution in [0.5, 0.6) is 5.75 Å². The molecule has 0 aliphatic carbocycles. The Hall–Kier alpha value is -1.000. The zero-order chi connectivity index (χ0) is 18.9. The fourth-order valence-electron chi connectivity index (χ4n) is 2.29. The number of para-hydroxylation sites is 1. The minimum absolute atomic E-state index is 0. The molecule has 0 saturated heterocycles. The Morgan fingerprint density at radius 1 is 1.30 bits per heavy atom. The summed E-state index contributed by atoms with van der Waals surface area (Å²) in [5, 5.41) is 7.82. The zero-order valence-electron chi connectivity index (χ0n) is 16.5. The van der Waals surface area contributed by atoms with Crippen molar-refractivity contribution in [1.82, 2.24) is 15.6 Å². The van der Waals surface area contributed by atoms with E-state index < -0.39 is 0 Å². The van der Waals surface area contributed by atoms with Crippen molar-refractivity contribution in [3.05, 3.63) is 39.8 Å². The van der Waals surface area contributed by atoms with Gasteiger partial charge in [0.1, 0.15) is 10.8 Å². The van der Waals surface area contributed by atoms with Crippen LogP contribution >= 0.6 is 47.1 Å². The molecule has 1 heterocycles. The van der Waals surface area contributed by atoms with E-state index >= 15 is 0 Å². The van der Waals surface area contributed by atoms with E-state index in [1.807, 2.05) is 36.9 Å². The highest BCUT2D eigenvalue weighted by Gasteiger charge is 2.09. The Morgan fingerprint density at radius 3 is 2.67 bits per heavy atom. The van der Waals surface area contributed by atoms with Crippen molar-refractivity contribution in [2.45, 2.75) is 32.2 Å². The SMILES string of the molecule is CN=C(NCc1nc(C)c(C)s1)NCC(C)CSc1ccccc1OC.I.